The lowest BCUT2D eigenvalue weighted by Crippen LogP contribution is -2.12. The van der Waals surface area contributed by atoms with Crippen molar-refractivity contribution in [2.24, 2.45) is 0 Å². The van der Waals surface area contributed by atoms with Crippen molar-refractivity contribution in [3.63, 3.8) is 0 Å². The van der Waals surface area contributed by atoms with Gasteiger partial charge in [-0.15, -0.1) is 0 Å². The molecule has 0 bridgehead atoms. The number of hydrogen-bond donors (Lipinski definition) is 1. The molecule has 3 aromatic heterocycles. The fourth-order valence-electron chi connectivity index (χ4n) is 2.67. The highest BCUT2D eigenvalue weighted by atomic mass is 19.1. The number of H-pyrrole nitrogens is 1. The van der Waals surface area contributed by atoms with Crippen molar-refractivity contribution in [3.8, 4) is 22.9 Å². The number of pyridine rings is 1. The average molecular weight is 365 g/mol. The molecule has 0 saturated heterocycles. The molecule has 4 aromatic rings. The monoisotopic (exact) mass is 365 g/mol. The maximum absolute atomic E-state index is 14.1. The molecule has 0 spiro atoms. The van der Waals surface area contributed by atoms with Crippen LogP contribution in [0.3, 0.4) is 0 Å². The molecule has 1 N–H and O–H groups in total. The van der Waals surface area contributed by atoms with Gasteiger partial charge in [-0.05, 0) is 24.3 Å². The van der Waals surface area contributed by atoms with E-state index in [2.05, 4.69) is 20.1 Å². The van der Waals surface area contributed by atoms with Gasteiger partial charge in [-0.1, -0.05) is 24.3 Å². The van der Waals surface area contributed by atoms with E-state index >= 15 is 0 Å². The fraction of sp³-hybridized carbons (Fsp3) is 0.0526. The van der Waals surface area contributed by atoms with Crippen LogP contribution in [-0.2, 0) is 6.54 Å². The third-order valence-electron chi connectivity index (χ3n) is 3.98. The third kappa shape index (κ3) is 3.37. The lowest BCUT2D eigenvalue weighted by molar-refractivity contribution is 0.586. The minimum atomic E-state index is -0.977. The molecule has 6 nitrogen and oxygen atoms in total. The number of nitrogens with zero attached hydrogens (tertiary/aromatic N) is 4. The molecule has 0 saturated carbocycles. The Morgan fingerprint density at radius 2 is 1.78 bits per heavy atom. The van der Waals surface area contributed by atoms with Gasteiger partial charge in [0, 0.05) is 11.8 Å². The number of aromatic nitrogens is 5. The van der Waals surface area contributed by atoms with Gasteiger partial charge in [0.15, 0.2) is 5.82 Å². The molecule has 0 radical (unpaired) electrons. The molecule has 0 atom stereocenters. The van der Waals surface area contributed by atoms with E-state index in [1.165, 1.54) is 6.07 Å². The Hall–Kier alpha value is -3.68. The molecule has 3 heterocycles. The van der Waals surface area contributed by atoms with Gasteiger partial charge in [-0.3, -0.25) is 14.5 Å². The minimum absolute atomic E-state index is 0.117. The lowest BCUT2D eigenvalue weighted by Gasteiger charge is -2.08. The number of benzene rings is 1. The topological polar surface area (TPSA) is 76.5 Å². The second kappa shape index (κ2) is 6.91. The summed E-state index contributed by atoms with van der Waals surface area (Å²) < 4.78 is 28.9. The van der Waals surface area contributed by atoms with Gasteiger partial charge in [0.1, 0.15) is 11.5 Å². The summed E-state index contributed by atoms with van der Waals surface area (Å²) >= 11 is 0. The normalized spacial score (nSPS) is 10.9. The van der Waals surface area contributed by atoms with Gasteiger partial charge in [-0.2, -0.15) is 9.49 Å². The summed E-state index contributed by atoms with van der Waals surface area (Å²) in [6.45, 7) is 0.157. The van der Waals surface area contributed by atoms with Crippen LogP contribution in [0, 0.1) is 11.6 Å². The second-order valence-corrected chi connectivity index (χ2v) is 5.79. The molecule has 0 aliphatic heterocycles. The highest BCUT2D eigenvalue weighted by molar-refractivity contribution is 5.62. The van der Waals surface area contributed by atoms with Crippen LogP contribution in [0.5, 0.6) is 0 Å². The molecule has 0 fully saturated rings. The van der Waals surface area contributed by atoms with E-state index in [0.29, 0.717) is 22.6 Å². The van der Waals surface area contributed by atoms with Gasteiger partial charge >= 0.3 is 0 Å². The van der Waals surface area contributed by atoms with Gasteiger partial charge in [-0.25, -0.2) is 9.37 Å². The zero-order valence-corrected chi connectivity index (χ0v) is 13.9. The number of hydrogen-bond acceptors (Lipinski definition) is 4. The maximum atomic E-state index is 14.1. The second-order valence-electron chi connectivity index (χ2n) is 5.79. The molecule has 0 aliphatic carbocycles. The zero-order valence-electron chi connectivity index (χ0n) is 13.9. The Morgan fingerprint density at radius 3 is 2.52 bits per heavy atom. The van der Waals surface area contributed by atoms with Crippen LogP contribution in [0.2, 0.25) is 0 Å². The van der Waals surface area contributed by atoms with Crippen LogP contribution in [0.25, 0.3) is 22.9 Å². The summed E-state index contributed by atoms with van der Waals surface area (Å²) in [4.78, 5) is 22.1. The lowest BCUT2D eigenvalue weighted by atomic mass is 10.2. The van der Waals surface area contributed by atoms with Crippen LogP contribution in [0.4, 0.5) is 8.78 Å². The molecular weight excluding hydrogens is 352 g/mol. The molecule has 4 rings (SSSR count). The van der Waals surface area contributed by atoms with Gasteiger partial charge in [0.2, 0.25) is 5.82 Å². The van der Waals surface area contributed by atoms with Crippen molar-refractivity contribution in [3.05, 3.63) is 88.5 Å². The third-order valence-corrected chi connectivity index (χ3v) is 3.98. The van der Waals surface area contributed by atoms with Crippen LogP contribution in [0.15, 0.2) is 65.7 Å². The fourth-order valence-corrected chi connectivity index (χ4v) is 2.67. The SMILES string of the molecule is O=c1[nH]c(-c2cc(-c3ccccn3)n(Cc3ccccc3F)n2)ncc1F. The first-order chi connectivity index (χ1) is 13.1. The summed E-state index contributed by atoms with van der Waals surface area (Å²) in [7, 11) is 0. The first-order valence-electron chi connectivity index (χ1n) is 8.09. The Labute approximate surface area is 152 Å². The first kappa shape index (κ1) is 16.8. The molecule has 0 aliphatic rings. The van der Waals surface area contributed by atoms with Crippen molar-refractivity contribution < 1.29 is 8.78 Å². The van der Waals surface area contributed by atoms with E-state index in [1.54, 1.807) is 47.3 Å². The maximum Gasteiger partial charge on any atom is 0.287 e. The van der Waals surface area contributed by atoms with Gasteiger partial charge < -0.3 is 4.98 Å². The Bertz CT molecular complexity index is 1150. The van der Waals surface area contributed by atoms with Gasteiger partial charge in [0.05, 0.1) is 24.1 Å². The molecule has 134 valence electrons. The van der Waals surface area contributed by atoms with Crippen molar-refractivity contribution in [2.75, 3.05) is 0 Å². The molecule has 8 heteroatoms. The van der Waals surface area contributed by atoms with E-state index in [-0.39, 0.29) is 18.2 Å². The van der Waals surface area contributed by atoms with E-state index in [4.69, 9.17) is 0 Å². The van der Waals surface area contributed by atoms with Crippen molar-refractivity contribution >= 4 is 0 Å². The van der Waals surface area contributed by atoms with Crippen LogP contribution in [0.1, 0.15) is 5.56 Å². The quantitative estimate of drug-likeness (QED) is 0.603. The van der Waals surface area contributed by atoms with E-state index < -0.39 is 11.4 Å². The Morgan fingerprint density at radius 1 is 0.963 bits per heavy atom. The molecular formula is C19H13F2N5O. The van der Waals surface area contributed by atoms with Crippen LogP contribution >= 0.6 is 0 Å². The van der Waals surface area contributed by atoms with Crippen molar-refractivity contribution in [2.45, 2.75) is 6.54 Å². The summed E-state index contributed by atoms with van der Waals surface area (Å²) in [5.74, 6) is -1.21. The summed E-state index contributed by atoms with van der Waals surface area (Å²) in [5.41, 5.74) is 1.12. The average Bonchev–Trinajstić information content (AvgIpc) is 3.10. The first-order valence-corrected chi connectivity index (χ1v) is 8.09. The summed E-state index contributed by atoms with van der Waals surface area (Å²) in [6, 6.07) is 13.4. The molecule has 27 heavy (non-hydrogen) atoms. The number of halogens is 2. The summed E-state index contributed by atoms with van der Waals surface area (Å²) in [6.07, 6.45) is 2.47. The zero-order chi connectivity index (χ0) is 18.8. The largest absolute Gasteiger partial charge is 0.303 e. The smallest absolute Gasteiger partial charge is 0.287 e. The molecule has 1 aromatic carbocycles. The van der Waals surface area contributed by atoms with Crippen molar-refractivity contribution in [1.82, 2.24) is 24.7 Å². The van der Waals surface area contributed by atoms with E-state index in [0.717, 1.165) is 6.20 Å². The number of aromatic amines is 1. The van der Waals surface area contributed by atoms with Crippen molar-refractivity contribution in [1.29, 1.82) is 0 Å². The van der Waals surface area contributed by atoms with Crippen LogP contribution < -0.4 is 5.56 Å². The predicted molar refractivity (Wildman–Crippen MR) is 94.8 cm³/mol. The van der Waals surface area contributed by atoms with Crippen LogP contribution in [-0.4, -0.2) is 24.7 Å². The predicted octanol–water partition coefficient (Wildman–Crippen LogP) is 3.02. The Kier molecular flexibility index (Phi) is 4.29. The standard InChI is InChI=1S/C19H13F2N5O/c20-13-6-2-1-5-12(13)11-26-17(15-7-3-4-8-22-15)9-16(25-26)18-23-10-14(21)19(27)24-18/h1-10H,11H2,(H,23,24,27). The highest BCUT2D eigenvalue weighted by Gasteiger charge is 2.16. The molecule has 0 unspecified atom stereocenters. The molecule has 0 amide bonds. The van der Waals surface area contributed by atoms with E-state index in [1.807, 2.05) is 6.07 Å². The Balaban J connectivity index is 1.83. The highest BCUT2D eigenvalue weighted by Crippen LogP contribution is 2.24. The van der Waals surface area contributed by atoms with Gasteiger partial charge in [0.25, 0.3) is 5.56 Å². The van der Waals surface area contributed by atoms with E-state index in [9.17, 15) is 13.6 Å². The number of rotatable bonds is 4. The number of nitrogens with one attached hydrogen (secondary N) is 1. The summed E-state index contributed by atoms with van der Waals surface area (Å²) in [5, 5.41) is 4.42. The minimum Gasteiger partial charge on any atom is -0.303 e.